The second kappa shape index (κ2) is 26.4. The molecule has 25 nitrogen and oxygen atoms in total. The molecule has 4 aromatic carbocycles. The third kappa shape index (κ3) is 15.9. The number of hydrogen-bond acceptors (Lipinski definition) is 21. The van der Waals surface area contributed by atoms with E-state index in [2.05, 4.69) is 46.6 Å². The third-order valence-corrected chi connectivity index (χ3v) is 12.8. The number of phenolic OH excluding ortho intramolecular Hbond substituents is 2. The minimum Gasteiger partial charge on any atom is -0.506 e. The number of aromatic nitrogens is 3. The zero-order chi connectivity index (χ0) is 48.3. The average Bonchev–Trinajstić information content (AvgIpc) is 3.20. The number of allylic oxidation sites excluding steroid dienone is 2. The van der Waals surface area contributed by atoms with Crippen LogP contribution in [-0.4, -0.2) is 100 Å². The van der Waals surface area contributed by atoms with Gasteiger partial charge in [-0.2, -0.15) is 58.8 Å². The first-order chi connectivity index (χ1) is 30.7. The first kappa shape index (κ1) is 68.1. The van der Waals surface area contributed by atoms with Gasteiger partial charge in [0.25, 0.3) is 40.5 Å². The van der Waals surface area contributed by atoms with Crippen LogP contribution >= 0.6 is 23.2 Å². The van der Waals surface area contributed by atoms with Gasteiger partial charge in [0, 0.05) is 56.6 Å². The fraction of sp³-hybridized carbons (Fsp3) is 0. The number of rotatable bonds is 12. The molecule has 0 saturated heterocycles. The number of nitrogens with one attached hydrogen (secondary N) is 4. The van der Waals surface area contributed by atoms with Gasteiger partial charge in [-0.1, -0.05) is 11.6 Å². The number of benzene rings is 4. The van der Waals surface area contributed by atoms with Crippen molar-refractivity contribution in [3.05, 3.63) is 109 Å². The Balaban J connectivity index is 0.00000432. The SMILES string of the molecule is O=C1/C(=N/Nc2cc(S(=O)(=O)O)ccc2O)C(S(=O)(=O)O)=Cc2cc(Nc3nc(Cl)nc(Nc4ccc5c(c4)C=C(S(=O)(=O)O)/C(=N\Nc4cc(S(=O)(=O)O)cc(Cl)c4O)C5=O)n3)ccc21.[Cu].[Cu].[Na+].[Na+].[Na+].[Na+]. The molecule has 0 atom stereocenters. The number of hydrogen-bond donors (Lipinski definition) is 10. The first-order valence-corrected chi connectivity index (χ1v) is 23.9. The van der Waals surface area contributed by atoms with Crippen LogP contribution in [0.5, 0.6) is 11.5 Å². The van der Waals surface area contributed by atoms with Gasteiger partial charge < -0.3 is 20.8 Å². The molecular formula is C35H23Cl2Cu2N9Na4O16S4+4. The number of Topliss-reactive ketones (excluding diaryl/α,β-unsaturated/α-hetero) is 2. The smallest absolute Gasteiger partial charge is 0.506 e. The Bertz CT molecular complexity index is 3620. The quantitative estimate of drug-likeness (QED) is 0.0240. The van der Waals surface area contributed by atoms with E-state index in [-0.39, 0.29) is 203 Å². The second-order valence-electron chi connectivity index (χ2n) is 13.3. The summed E-state index contributed by atoms with van der Waals surface area (Å²) in [5.74, 6) is -3.98. The van der Waals surface area contributed by atoms with Crippen molar-refractivity contribution in [3.63, 3.8) is 0 Å². The van der Waals surface area contributed by atoms with Crippen LogP contribution in [0.4, 0.5) is 34.6 Å². The summed E-state index contributed by atoms with van der Waals surface area (Å²) in [6.07, 6.45) is 1.76. The van der Waals surface area contributed by atoms with Crippen LogP contribution in [0, 0.1) is 0 Å². The van der Waals surface area contributed by atoms with Gasteiger partial charge in [0.15, 0.2) is 17.2 Å². The molecule has 2 aliphatic carbocycles. The van der Waals surface area contributed by atoms with E-state index in [4.69, 9.17) is 23.2 Å². The maximum Gasteiger partial charge on any atom is 1.00 e. The van der Waals surface area contributed by atoms with Crippen LogP contribution in [0.3, 0.4) is 0 Å². The van der Waals surface area contributed by atoms with E-state index >= 15 is 0 Å². The number of aromatic hydroxyl groups is 2. The standard InChI is InChI=1S/C35H23Cl2N9O16S4.2Cu.4Na/c36-22-11-19(64(54,55)56)13-24(32(22)50)44-46-29-27(66(60,61)62)10-15-8-17(2-5-21(15)31(29)49)39-35-41-33(37)40-34(42-35)38-16-1-4-20-14(7-16)9-26(65(57,58)59)28(30(20)48)45-43-23-12-18(63(51,52)53)3-6-25(23)47;;;;;;/h1-13,43-44,47,50H,(H,51,52,53)(H,54,55,56)(H,57,58,59)(H,60,61,62)(H2,38,39,40,41,42);;;;;;/q;;;4*+1/b45-28+,46-29+;;;;;;. The molecule has 7 rings (SSSR count). The van der Waals surface area contributed by atoms with Crippen LogP contribution in [-0.2, 0) is 74.6 Å². The van der Waals surface area contributed by atoms with Gasteiger partial charge in [0.2, 0.25) is 28.7 Å². The van der Waals surface area contributed by atoms with E-state index in [0.717, 1.165) is 30.4 Å². The third-order valence-electron chi connectivity index (χ3n) is 8.92. The molecule has 2 aliphatic rings. The van der Waals surface area contributed by atoms with E-state index in [9.17, 15) is 71.7 Å². The van der Waals surface area contributed by atoms with Gasteiger partial charge in [-0.3, -0.25) is 38.7 Å². The summed E-state index contributed by atoms with van der Waals surface area (Å²) in [7, 11) is -20.0. The number of carbonyl (C=O) groups is 2. The number of phenols is 2. The molecule has 5 aromatic rings. The van der Waals surface area contributed by atoms with Gasteiger partial charge >= 0.3 is 118 Å². The van der Waals surface area contributed by atoms with Crippen LogP contribution in [0.1, 0.15) is 31.8 Å². The second-order valence-corrected chi connectivity index (χ2v) is 19.7. The summed E-state index contributed by atoms with van der Waals surface area (Å²) in [6, 6.07) is 11.5. The van der Waals surface area contributed by atoms with Gasteiger partial charge in [-0.25, -0.2) is 0 Å². The first-order valence-electron chi connectivity index (χ1n) is 17.4. The molecule has 364 valence electrons. The minimum atomic E-state index is -5.20. The summed E-state index contributed by atoms with van der Waals surface area (Å²) < 4.78 is 135. The van der Waals surface area contributed by atoms with Crippen molar-refractivity contribution in [3.8, 4) is 11.5 Å². The summed E-state index contributed by atoms with van der Waals surface area (Å²) in [5.41, 5.74) is 1.27. The maximum absolute atomic E-state index is 13.5. The Morgan fingerprint density at radius 3 is 1.35 bits per heavy atom. The predicted octanol–water partition coefficient (Wildman–Crippen LogP) is -7.63. The van der Waals surface area contributed by atoms with Crippen molar-refractivity contribution in [1.29, 1.82) is 0 Å². The Hall–Kier alpha value is -1.89. The van der Waals surface area contributed by atoms with E-state index in [0.29, 0.717) is 12.1 Å². The number of fused-ring (bicyclic) bond motifs is 2. The number of ketones is 2. The Labute approximate surface area is 527 Å². The summed E-state index contributed by atoms with van der Waals surface area (Å²) >= 11 is 12.0. The zero-order valence-electron chi connectivity index (χ0n) is 36.5. The number of anilines is 6. The fourth-order valence-electron chi connectivity index (χ4n) is 5.96. The molecule has 10 N–H and O–H groups in total. The molecule has 0 amide bonds. The fourth-order valence-corrected chi connectivity index (χ4v) is 8.76. The Morgan fingerprint density at radius 2 is 0.931 bits per heavy atom. The van der Waals surface area contributed by atoms with Crippen molar-refractivity contribution in [2.75, 3.05) is 21.5 Å². The summed E-state index contributed by atoms with van der Waals surface area (Å²) in [5, 5.41) is 32.4. The van der Waals surface area contributed by atoms with Gasteiger partial charge in [0.1, 0.15) is 21.2 Å². The van der Waals surface area contributed by atoms with Crippen molar-refractivity contribution >= 4 is 133 Å². The number of hydrazone groups is 2. The zero-order valence-corrected chi connectivity index (χ0v) is 51.2. The van der Waals surface area contributed by atoms with E-state index in [1.54, 1.807) is 0 Å². The van der Waals surface area contributed by atoms with E-state index in [1.165, 1.54) is 36.4 Å². The molecule has 0 saturated carbocycles. The van der Waals surface area contributed by atoms with E-state index in [1.807, 2.05) is 0 Å². The monoisotopic (exact) mass is 1240 g/mol. The Morgan fingerprint density at radius 1 is 0.514 bits per heavy atom. The van der Waals surface area contributed by atoms with Crippen LogP contribution in [0.2, 0.25) is 10.3 Å². The van der Waals surface area contributed by atoms with Gasteiger partial charge in [-0.15, -0.1) is 0 Å². The van der Waals surface area contributed by atoms with Gasteiger partial charge in [-0.05, 0) is 102 Å². The summed E-state index contributed by atoms with van der Waals surface area (Å²) in [4.78, 5) is 35.7. The molecule has 72 heavy (non-hydrogen) atoms. The van der Waals surface area contributed by atoms with Gasteiger partial charge in [0.05, 0.1) is 20.5 Å². The molecule has 0 spiro atoms. The van der Waals surface area contributed by atoms with Crippen molar-refractivity contribution in [2.45, 2.75) is 9.79 Å². The molecule has 1 aromatic heterocycles. The Kier molecular flexibility index (Phi) is 25.0. The van der Waals surface area contributed by atoms with Crippen molar-refractivity contribution in [1.82, 2.24) is 15.0 Å². The average molecular weight is 1240 g/mol. The molecule has 37 heteroatoms. The molecule has 2 radical (unpaired) electrons. The number of halogens is 2. The largest absolute Gasteiger partial charge is 1.00 e. The molecule has 0 fully saturated rings. The molecule has 1 heterocycles. The van der Waals surface area contributed by atoms with Crippen LogP contribution < -0.4 is 140 Å². The number of carbonyl (C=O) groups excluding carboxylic acids is 2. The summed E-state index contributed by atoms with van der Waals surface area (Å²) in [6.45, 7) is 0. The minimum absolute atomic E-state index is 0. The molecule has 0 bridgehead atoms. The maximum atomic E-state index is 13.5. The topological polar surface area (TPSA) is 404 Å². The predicted molar refractivity (Wildman–Crippen MR) is 235 cm³/mol. The molecular weight excluding hydrogens is 1220 g/mol. The molecule has 0 aliphatic heterocycles. The van der Waals surface area contributed by atoms with Crippen LogP contribution in [0.25, 0.3) is 12.2 Å². The number of nitrogens with zero attached hydrogens (tertiary/aromatic N) is 5. The normalized spacial score (nSPS) is 14.1. The van der Waals surface area contributed by atoms with Crippen molar-refractivity contribution in [2.24, 2.45) is 10.2 Å². The van der Waals surface area contributed by atoms with Crippen molar-refractivity contribution < 1.29 is 224 Å². The molecule has 0 unspecified atom stereocenters. The van der Waals surface area contributed by atoms with Crippen LogP contribution in [0.15, 0.2) is 96.5 Å². The van der Waals surface area contributed by atoms with E-state index < -0.39 is 111 Å².